The molecule has 3 rings (SSSR count). The molecule has 1 aromatic carbocycles. The number of aromatic nitrogens is 4. The third kappa shape index (κ3) is 5.69. The quantitative estimate of drug-likeness (QED) is 0.527. The van der Waals surface area contributed by atoms with Gasteiger partial charge in [0.05, 0.1) is 11.1 Å². The smallest absolute Gasteiger partial charge is 0.305 e. The lowest BCUT2D eigenvalue weighted by Crippen LogP contribution is -2.15. The fourth-order valence-electron chi connectivity index (χ4n) is 2.81. The van der Waals surface area contributed by atoms with Gasteiger partial charge in [0.25, 0.3) is 0 Å². The molecule has 3 aromatic rings. The number of alkyl halides is 6. The molecule has 0 bridgehead atoms. The van der Waals surface area contributed by atoms with Crippen molar-refractivity contribution in [3.05, 3.63) is 65.7 Å². The van der Waals surface area contributed by atoms with Crippen LogP contribution in [0.1, 0.15) is 16.7 Å². The lowest BCUT2D eigenvalue weighted by Gasteiger charge is -2.13. The van der Waals surface area contributed by atoms with Crippen LogP contribution in [0, 0.1) is 0 Å². The summed E-state index contributed by atoms with van der Waals surface area (Å²) in [6, 6.07) is 4.83. The number of rotatable bonds is 5. The number of benzene rings is 1. The fraction of sp³-hybridized carbons (Fsp3) is 0.250. The molecule has 0 saturated carbocycles. The average molecular weight is 441 g/mol. The van der Waals surface area contributed by atoms with Crippen molar-refractivity contribution < 1.29 is 26.3 Å². The highest BCUT2D eigenvalue weighted by atomic mass is 19.4. The zero-order chi connectivity index (χ0) is 22.8. The predicted molar refractivity (Wildman–Crippen MR) is 102 cm³/mol. The Kier molecular flexibility index (Phi) is 6.16. The summed E-state index contributed by atoms with van der Waals surface area (Å²) in [5, 5.41) is 4.05. The highest BCUT2D eigenvalue weighted by Crippen LogP contribution is 2.38. The SMILES string of the molecule is CN(C)C/C(=C/n1cnc(-c2cc(C(F)(F)F)cc(C(F)(F)F)c2)n1)c1cccnc1. The van der Waals surface area contributed by atoms with Crippen molar-refractivity contribution in [3.8, 4) is 11.4 Å². The summed E-state index contributed by atoms with van der Waals surface area (Å²) in [5.41, 5.74) is -1.67. The Morgan fingerprint density at radius 1 is 1.03 bits per heavy atom. The molecular formula is C20H17F6N5. The molecule has 0 spiro atoms. The molecule has 164 valence electrons. The van der Waals surface area contributed by atoms with E-state index < -0.39 is 23.5 Å². The van der Waals surface area contributed by atoms with Crippen LogP contribution < -0.4 is 0 Å². The van der Waals surface area contributed by atoms with E-state index in [9.17, 15) is 26.3 Å². The molecule has 0 aliphatic carbocycles. The van der Waals surface area contributed by atoms with E-state index in [0.717, 1.165) is 11.1 Å². The van der Waals surface area contributed by atoms with Crippen molar-refractivity contribution in [2.24, 2.45) is 0 Å². The number of pyridine rings is 1. The summed E-state index contributed by atoms with van der Waals surface area (Å²) in [6.07, 6.45) is -3.85. The van der Waals surface area contributed by atoms with Crippen molar-refractivity contribution in [2.75, 3.05) is 20.6 Å². The van der Waals surface area contributed by atoms with E-state index in [1.54, 1.807) is 24.7 Å². The molecule has 5 nitrogen and oxygen atoms in total. The minimum Gasteiger partial charge on any atom is -0.305 e. The number of hydrogen-bond acceptors (Lipinski definition) is 4. The Labute approximate surface area is 173 Å². The van der Waals surface area contributed by atoms with Crippen molar-refractivity contribution in [2.45, 2.75) is 12.4 Å². The molecule has 0 radical (unpaired) electrons. The topological polar surface area (TPSA) is 46.8 Å². The highest BCUT2D eigenvalue weighted by molar-refractivity contribution is 5.76. The maximum absolute atomic E-state index is 13.1. The molecule has 0 amide bonds. The molecule has 0 N–H and O–H groups in total. The van der Waals surface area contributed by atoms with E-state index >= 15 is 0 Å². The van der Waals surface area contributed by atoms with Crippen LogP contribution >= 0.6 is 0 Å². The first-order valence-electron chi connectivity index (χ1n) is 8.90. The lowest BCUT2D eigenvalue weighted by molar-refractivity contribution is -0.143. The standard InChI is InChI=1S/C20H17F6N5/c1-30(2)10-15(13-4-3-5-27-9-13)11-31-12-28-18(29-31)14-6-16(19(21,22)23)8-17(7-14)20(24,25)26/h3-9,11-12H,10H2,1-2H3/b15-11-. The van der Waals surface area contributed by atoms with Crippen molar-refractivity contribution >= 4 is 11.8 Å². The van der Waals surface area contributed by atoms with Crippen molar-refractivity contribution in [3.63, 3.8) is 0 Å². The molecule has 0 atom stereocenters. The van der Waals surface area contributed by atoms with E-state index in [-0.39, 0.29) is 17.5 Å². The molecule has 0 unspecified atom stereocenters. The van der Waals surface area contributed by atoms with Gasteiger partial charge in [-0.3, -0.25) is 4.98 Å². The molecule has 0 aliphatic heterocycles. The van der Waals surface area contributed by atoms with E-state index in [1.165, 1.54) is 11.0 Å². The molecule has 11 heteroatoms. The van der Waals surface area contributed by atoms with Crippen molar-refractivity contribution in [1.29, 1.82) is 0 Å². The van der Waals surface area contributed by atoms with Gasteiger partial charge in [0, 0.05) is 30.7 Å². The van der Waals surface area contributed by atoms with Gasteiger partial charge in [0.2, 0.25) is 0 Å². The van der Waals surface area contributed by atoms with Crippen LogP contribution in [0.5, 0.6) is 0 Å². The number of likely N-dealkylation sites (N-methyl/N-ethyl adjacent to an activating group) is 1. The minimum absolute atomic E-state index is 0.0674. The zero-order valence-electron chi connectivity index (χ0n) is 16.4. The van der Waals surface area contributed by atoms with Gasteiger partial charge in [0.1, 0.15) is 6.33 Å². The van der Waals surface area contributed by atoms with Gasteiger partial charge in [-0.25, -0.2) is 9.67 Å². The van der Waals surface area contributed by atoms with Crippen LogP contribution in [0.25, 0.3) is 23.2 Å². The second kappa shape index (κ2) is 8.50. The predicted octanol–water partition coefficient (Wildman–Crippen LogP) is 4.94. The molecule has 0 saturated heterocycles. The lowest BCUT2D eigenvalue weighted by atomic mass is 10.0. The van der Waals surface area contributed by atoms with Crippen LogP contribution in [0.3, 0.4) is 0 Å². The second-order valence-corrected chi connectivity index (χ2v) is 6.98. The summed E-state index contributed by atoms with van der Waals surface area (Å²) in [7, 11) is 3.69. The van der Waals surface area contributed by atoms with Gasteiger partial charge >= 0.3 is 12.4 Å². The van der Waals surface area contributed by atoms with E-state index in [4.69, 9.17) is 0 Å². The van der Waals surface area contributed by atoms with E-state index in [1.807, 2.05) is 25.1 Å². The first-order valence-corrected chi connectivity index (χ1v) is 8.90. The zero-order valence-corrected chi connectivity index (χ0v) is 16.4. The summed E-state index contributed by atoms with van der Waals surface area (Å²) in [6.45, 7) is 0.489. The molecule has 2 aromatic heterocycles. The number of nitrogens with zero attached hydrogens (tertiary/aromatic N) is 5. The van der Waals surface area contributed by atoms with Crippen LogP contribution in [-0.2, 0) is 12.4 Å². The summed E-state index contributed by atoms with van der Waals surface area (Å²) >= 11 is 0. The molecule has 0 aliphatic rings. The second-order valence-electron chi connectivity index (χ2n) is 6.98. The van der Waals surface area contributed by atoms with Gasteiger partial charge < -0.3 is 4.90 Å². The summed E-state index contributed by atoms with van der Waals surface area (Å²) in [4.78, 5) is 9.84. The van der Waals surface area contributed by atoms with Crippen LogP contribution in [0.4, 0.5) is 26.3 Å². The Balaban J connectivity index is 2.04. The monoisotopic (exact) mass is 441 g/mol. The van der Waals surface area contributed by atoms with Crippen molar-refractivity contribution in [1.82, 2.24) is 24.6 Å². The minimum atomic E-state index is -4.95. The van der Waals surface area contributed by atoms with E-state index in [0.29, 0.717) is 18.7 Å². The fourth-order valence-corrected chi connectivity index (χ4v) is 2.81. The van der Waals surface area contributed by atoms with Gasteiger partial charge in [-0.05, 0) is 49.5 Å². The van der Waals surface area contributed by atoms with Crippen LogP contribution in [0.15, 0.2) is 49.1 Å². The average Bonchev–Trinajstić information content (AvgIpc) is 3.15. The normalized spacial score (nSPS) is 13.1. The van der Waals surface area contributed by atoms with Crippen LogP contribution in [0.2, 0.25) is 0 Å². The Bertz CT molecular complexity index is 1040. The number of hydrogen-bond donors (Lipinski definition) is 0. The van der Waals surface area contributed by atoms with Gasteiger partial charge in [0.15, 0.2) is 5.82 Å². The number of halogens is 6. The van der Waals surface area contributed by atoms with Gasteiger partial charge in [-0.15, -0.1) is 5.10 Å². The molecule has 0 fully saturated rings. The third-order valence-corrected chi connectivity index (χ3v) is 4.16. The molecule has 2 heterocycles. The molecular weight excluding hydrogens is 424 g/mol. The largest absolute Gasteiger partial charge is 0.416 e. The maximum atomic E-state index is 13.1. The highest BCUT2D eigenvalue weighted by Gasteiger charge is 2.37. The Hall–Kier alpha value is -3.21. The van der Waals surface area contributed by atoms with Gasteiger partial charge in [-0.1, -0.05) is 6.07 Å². The first kappa shape index (κ1) is 22.5. The maximum Gasteiger partial charge on any atom is 0.416 e. The molecule has 31 heavy (non-hydrogen) atoms. The summed E-state index contributed by atoms with van der Waals surface area (Å²) in [5.74, 6) is -0.261. The van der Waals surface area contributed by atoms with Gasteiger partial charge in [-0.2, -0.15) is 26.3 Å². The summed E-state index contributed by atoms with van der Waals surface area (Å²) < 4.78 is 79.9. The van der Waals surface area contributed by atoms with Crippen LogP contribution in [-0.4, -0.2) is 45.3 Å². The first-order chi connectivity index (χ1) is 14.4. The Morgan fingerprint density at radius 2 is 1.68 bits per heavy atom. The van der Waals surface area contributed by atoms with E-state index in [2.05, 4.69) is 15.1 Å². The Morgan fingerprint density at radius 3 is 2.19 bits per heavy atom. The third-order valence-electron chi connectivity index (χ3n) is 4.16.